The molecule has 0 bridgehead atoms. The van der Waals surface area contributed by atoms with E-state index in [0.29, 0.717) is 0 Å². The lowest BCUT2D eigenvalue weighted by Gasteiger charge is -2.27. The van der Waals surface area contributed by atoms with Crippen LogP contribution in [-0.4, -0.2) is 20.8 Å². The maximum Gasteiger partial charge on any atom is 0.161 e. The molecule has 0 aromatic heterocycles. The molecule has 0 amide bonds. The zero-order valence-corrected chi connectivity index (χ0v) is 13.6. The van der Waals surface area contributed by atoms with E-state index in [-0.39, 0.29) is 0 Å². The molecule has 1 heterocycles. The summed E-state index contributed by atoms with van der Waals surface area (Å²) in [6.07, 6.45) is 1.09. The fraction of sp³-hybridized carbons (Fsp3) is 0.368. The monoisotopic (exact) mass is 298 g/mol. The molecule has 0 fully saturated rings. The van der Waals surface area contributed by atoms with Crippen molar-refractivity contribution in [3.63, 3.8) is 0 Å². The third-order valence-electron chi connectivity index (χ3n) is 4.47. The standard InChI is InChI=1S/C19H23NO2/c1-14-4-6-15(7-5-14)12-20-9-8-16-10-18(21-2)19(22-3)11-17(16)13-20/h4-7,10-11H,8-9,12-13H2,1-3H3/p+1. The van der Waals surface area contributed by atoms with Gasteiger partial charge in [-0.1, -0.05) is 29.8 Å². The lowest BCUT2D eigenvalue weighted by atomic mass is 9.98. The number of benzene rings is 2. The van der Waals surface area contributed by atoms with Gasteiger partial charge in [0.05, 0.1) is 20.8 Å². The maximum absolute atomic E-state index is 5.43. The van der Waals surface area contributed by atoms with Crippen molar-refractivity contribution >= 4 is 0 Å². The molecule has 0 saturated heterocycles. The zero-order valence-electron chi connectivity index (χ0n) is 13.6. The van der Waals surface area contributed by atoms with Gasteiger partial charge in [-0.15, -0.1) is 0 Å². The summed E-state index contributed by atoms with van der Waals surface area (Å²) in [7, 11) is 3.39. The van der Waals surface area contributed by atoms with Gasteiger partial charge in [-0.05, 0) is 24.6 Å². The molecule has 1 aliphatic heterocycles. The topological polar surface area (TPSA) is 22.9 Å². The summed E-state index contributed by atoms with van der Waals surface area (Å²) in [5, 5.41) is 0. The first-order valence-electron chi connectivity index (χ1n) is 7.82. The average Bonchev–Trinajstić information content (AvgIpc) is 2.55. The molecule has 0 radical (unpaired) electrons. The van der Waals surface area contributed by atoms with Gasteiger partial charge >= 0.3 is 0 Å². The highest BCUT2D eigenvalue weighted by atomic mass is 16.5. The predicted octanol–water partition coefficient (Wildman–Crippen LogP) is 2.15. The van der Waals surface area contributed by atoms with Crippen molar-refractivity contribution in [2.24, 2.45) is 0 Å². The van der Waals surface area contributed by atoms with Crippen LogP contribution in [0, 0.1) is 6.92 Å². The quantitative estimate of drug-likeness (QED) is 0.935. The fourth-order valence-corrected chi connectivity index (χ4v) is 3.18. The molecule has 1 atom stereocenters. The van der Waals surface area contributed by atoms with Gasteiger partial charge < -0.3 is 14.4 Å². The lowest BCUT2D eigenvalue weighted by Crippen LogP contribution is -3.10. The van der Waals surface area contributed by atoms with Gasteiger partial charge in [0.15, 0.2) is 11.5 Å². The summed E-state index contributed by atoms with van der Waals surface area (Å²) in [5.41, 5.74) is 5.50. The van der Waals surface area contributed by atoms with Gasteiger partial charge in [0.1, 0.15) is 13.1 Å². The Bertz CT molecular complexity index is 649. The lowest BCUT2D eigenvalue weighted by molar-refractivity contribution is -0.929. The average molecular weight is 298 g/mol. The first kappa shape index (κ1) is 14.9. The van der Waals surface area contributed by atoms with Gasteiger partial charge in [-0.2, -0.15) is 0 Å². The largest absolute Gasteiger partial charge is 0.493 e. The van der Waals surface area contributed by atoms with Crippen LogP contribution in [-0.2, 0) is 19.5 Å². The van der Waals surface area contributed by atoms with Crippen molar-refractivity contribution in [3.8, 4) is 11.5 Å². The van der Waals surface area contributed by atoms with Crippen LogP contribution >= 0.6 is 0 Å². The van der Waals surface area contributed by atoms with E-state index in [9.17, 15) is 0 Å². The van der Waals surface area contributed by atoms with Crippen LogP contribution in [0.1, 0.15) is 22.3 Å². The fourth-order valence-electron chi connectivity index (χ4n) is 3.18. The Hall–Kier alpha value is -2.00. The molecule has 1 unspecified atom stereocenters. The summed E-state index contributed by atoms with van der Waals surface area (Å²) < 4.78 is 10.8. The van der Waals surface area contributed by atoms with Crippen LogP contribution in [0.3, 0.4) is 0 Å². The SMILES string of the molecule is COc1cc2c(cc1OC)C[NH+](Cc1ccc(C)cc1)CC2. The van der Waals surface area contributed by atoms with Crippen LogP contribution in [0.4, 0.5) is 0 Å². The molecule has 0 saturated carbocycles. The number of fused-ring (bicyclic) bond motifs is 1. The van der Waals surface area contributed by atoms with Gasteiger partial charge in [-0.3, -0.25) is 0 Å². The number of aryl methyl sites for hydroxylation is 1. The Labute approximate surface area is 132 Å². The molecule has 0 spiro atoms. The van der Waals surface area contributed by atoms with Crippen molar-refractivity contribution in [1.82, 2.24) is 0 Å². The molecule has 2 aromatic rings. The van der Waals surface area contributed by atoms with E-state index in [1.54, 1.807) is 19.1 Å². The minimum atomic E-state index is 0.831. The predicted molar refractivity (Wildman–Crippen MR) is 87.7 cm³/mol. The molecular formula is C19H24NO2+. The Kier molecular flexibility index (Phi) is 4.34. The number of nitrogens with one attached hydrogen (secondary N) is 1. The zero-order chi connectivity index (χ0) is 15.5. The van der Waals surface area contributed by atoms with Crippen LogP contribution in [0.15, 0.2) is 36.4 Å². The second kappa shape index (κ2) is 6.41. The van der Waals surface area contributed by atoms with E-state index in [1.165, 1.54) is 22.3 Å². The van der Waals surface area contributed by atoms with Crippen LogP contribution in [0.5, 0.6) is 11.5 Å². The number of rotatable bonds is 4. The molecule has 1 N–H and O–H groups in total. The van der Waals surface area contributed by atoms with Crippen LogP contribution in [0.25, 0.3) is 0 Å². The minimum absolute atomic E-state index is 0.831. The maximum atomic E-state index is 5.43. The third-order valence-corrected chi connectivity index (χ3v) is 4.47. The molecular weight excluding hydrogens is 274 g/mol. The Balaban J connectivity index is 1.76. The number of hydrogen-bond acceptors (Lipinski definition) is 2. The molecule has 3 nitrogen and oxygen atoms in total. The summed E-state index contributed by atoms with van der Waals surface area (Å²) >= 11 is 0. The smallest absolute Gasteiger partial charge is 0.161 e. The first-order chi connectivity index (χ1) is 10.7. The van der Waals surface area contributed by atoms with Gasteiger partial charge in [0.2, 0.25) is 0 Å². The van der Waals surface area contributed by atoms with E-state index in [1.807, 2.05) is 0 Å². The molecule has 116 valence electrons. The Morgan fingerprint density at radius 1 is 0.955 bits per heavy atom. The van der Waals surface area contributed by atoms with Crippen LogP contribution in [0.2, 0.25) is 0 Å². The molecule has 22 heavy (non-hydrogen) atoms. The van der Waals surface area contributed by atoms with E-state index < -0.39 is 0 Å². The number of methoxy groups -OCH3 is 2. The highest BCUT2D eigenvalue weighted by Crippen LogP contribution is 2.31. The molecule has 0 aliphatic carbocycles. The molecule has 1 aliphatic rings. The van der Waals surface area contributed by atoms with Gasteiger partial charge in [0.25, 0.3) is 0 Å². The molecule has 3 rings (SSSR count). The summed E-state index contributed by atoms with van der Waals surface area (Å²) in [4.78, 5) is 1.60. The van der Waals surface area contributed by atoms with Crippen LogP contribution < -0.4 is 14.4 Å². The molecule has 2 aromatic carbocycles. The number of quaternary nitrogens is 1. The molecule has 3 heteroatoms. The summed E-state index contributed by atoms with van der Waals surface area (Å²) in [6, 6.07) is 13.2. The van der Waals surface area contributed by atoms with Crippen molar-refractivity contribution < 1.29 is 14.4 Å². The highest BCUT2D eigenvalue weighted by molar-refractivity contribution is 5.47. The summed E-state index contributed by atoms with van der Waals surface area (Å²) in [5.74, 6) is 1.67. The van der Waals surface area contributed by atoms with Crippen molar-refractivity contribution in [2.75, 3.05) is 20.8 Å². The van der Waals surface area contributed by atoms with E-state index in [2.05, 4.69) is 43.3 Å². The normalized spacial score (nSPS) is 17.0. The van der Waals surface area contributed by atoms with E-state index in [0.717, 1.165) is 37.6 Å². The van der Waals surface area contributed by atoms with E-state index >= 15 is 0 Å². The number of hydrogen-bond donors (Lipinski definition) is 1. The highest BCUT2D eigenvalue weighted by Gasteiger charge is 2.22. The van der Waals surface area contributed by atoms with Crippen molar-refractivity contribution in [2.45, 2.75) is 26.4 Å². The van der Waals surface area contributed by atoms with Gasteiger partial charge in [0, 0.05) is 17.5 Å². The number of ether oxygens (including phenoxy) is 2. The second-order valence-electron chi connectivity index (χ2n) is 6.07. The minimum Gasteiger partial charge on any atom is -0.493 e. The van der Waals surface area contributed by atoms with Gasteiger partial charge in [-0.25, -0.2) is 0 Å². The van der Waals surface area contributed by atoms with E-state index in [4.69, 9.17) is 9.47 Å². The second-order valence-corrected chi connectivity index (χ2v) is 6.07. The van der Waals surface area contributed by atoms with Crippen molar-refractivity contribution in [3.05, 3.63) is 58.7 Å². The first-order valence-corrected chi connectivity index (χ1v) is 7.82. The Morgan fingerprint density at radius 2 is 1.59 bits per heavy atom. The Morgan fingerprint density at radius 3 is 2.23 bits per heavy atom. The van der Waals surface area contributed by atoms with Crippen molar-refractivity contribution in [1.29, 1.82) is 0 Å². The third kappa shape index (κ3) is 3.09. The summed E-state index contributed by atoms with van der Waals surface area (Å²) in [6.45, 7) is 5.42.